The summed E-state index contributed by atoms with van der Waals surface area (Å²) in [6.45, 7) is 6.14. The van der Waals surface area contributed by atoms with Crippen molar-refractivity contribution in [2.75, 3.05) is 0 Å². The first-order valence-electron chi connectivity index (χ1n) is 8.09. The Labute approximate surface area is 142 Å². The normalized spacial score (nSPS) is 25.3. The Kier molecular flexibility index (Phi) is 5.90. The maximum atomic E-state index is 12.4. The van der Waals surface area contributed by atoms with Crippen molar-refractivity contribution in [2.45, 2.75) is 52.2 Å². The molecule has 0 aliphatic heterocycles. The average molecular weight is 335 g/mol. The second-order valence-corrected chi connectivity index (χ2v) is 6.81. The number of hydrogen-bond acceptors (Lipinski definition) is 3. The van der Waals surface area contributed by atoms with E-state index >= 15 is 0 Å². The molecule has 1 amide bonds. The fourth-order valence-corrected chi connectivity index (χ4v) is 3.22. The van der Waals surface area contributed by atoms with E-state index < -0.39 is 6.10 Å². The molecule has 1 fully saturated rings. The first-order chi connectivity index (χ1) is 10.9. The molecule has 0 bridgehead atoms. The molecule has 1 aromatic rings. The molecule has 0 aromatic heterocycles. The van der Waals surface area contributed by atoms with E-state index in [-0.39, 0.29) is 11.9 Å². The zero-order valence-corrected chi connectivity index (χ0v) is 14.6. The number of hydrogen-bond donors (Lipinski definition) is 1. The third-order valence-electron chi connectivity index (χ3n) is 4.77. The summed E-state index contributed by atoms with van der Waals surface area (Å²) in [5.74, 6) is 1.38. The number of nitriles is 1. The summed E-state index contributed by atoms with van der Waals surface area (Å²) in [5, 5.41) is 12.3. The van der Waals surface area contributed by atoms with Crippen molar-refractivity contribution in [3.63, 3.8) is 0 Å². The molecule has 1 saturated carbocycles. The number of nitrogens with zero attached hydrogens (tertiary/aromatic N) is 1. The van der Waals surface area contributed by atoms with Gasteiger partial charge in [-0.1, -0.05) is 38.3 Å². The number of carbonyl (C=O) groups excluding carboxylic acids is 1. The first-order valence-corrected chi connectivity index (χ1v) is 8.47. The average Bonchev–Trinajstić information content (AvgIpc) is 2.53. The second-order valence-electron chi connectivity index (χ2n) is 6.40. The first kappa shape index (κ1) is 17.6. The summed E-state index contributed by atoms with van der Waals surface area (Å²) in [7, 11) is 0. The molecular formula is C18H23ClN2O2. The van der Waals surface area contributed by atoms with Gasteiger partial charge in [0.15, 0.2) is 6.10 Å². The fourth-order valence-electron chi connectivity index (χ4n) is 3.00. The minimum absolute atomic E-state index is 0.128. The highest BCUT2D eigenvalue weighted by Gasteiger charge is 2.29. The number of nitrogens with one attached hydrogen (secondary N) is 1. The molecule has 0 saturated heterocycles. The Hall–Kier alpha value is -1.73. The highest BCUT2D eigenvalue weighted by atomic mass is 35.5. The summed E-state index contributed by atoms with van der Waals surface area (Å²) >= 11 is 6.08. The monoisotopic (exact) mass is 334 g/mol. The Morgan fingerprint density at radius 1 is 1.43 bits per heavy atom. The maximum absolute atomic E-state index is 12.4. The molecule has 1 N–H and O–H groups in total. The summed E-state index contributed by atoms with van der Waals surface area (Å²) in [4.78, 5) is 12.4. The fraction of sp³-hybridized carbons (Fsp3) is 0.556. The van der Waals surface area contributed by atoms with Crippen LogP contribution in [-0.4, -0.2) is 18.1 Å². The third-order valence-corrected chi connectivity index (χ3v) is 5.06. The number of amides is 1. The Balaban J connectivity index is 1.96. The van der Waals surface area contributed by atoms with Crippen LogP contribution < -0.4 is 10.1 Å². The largest absolute Gasteiger partial charge is 0.479 e. The van der Waals surface area contributed by atoms with E-state index in [9.17, 15) is 4.79 Å². The van der Waals surface area contributed by atoms with E-state index in [0.717, 1.165) is 12.8 Å². The van der Waals surface area contributed by atoms with Gasteiger partial charge in [-0.3, -0.25) is 4.79 Å². The van der Waals surface area contributed by atoms with Crippen LogP contribution in [0.15, 0.2) is 18.2 Å². The van der Waals surface area contributed by atoms with Gasteiger partial charge in [-0.15, -0.1) is 0 Å². The van der Waals surface area contributed by atoms with E-state index in [2.05, 4.69) is 19.2 Å². The topological polar surface area (TPSA) is 62.1 Å². The standard InChI is InChI=1S/C18H23ClN2O2/c1-11-5-4-6-16(12(11)2)21-18(22)13(3)23-17-8-7-14(10-20)9-15(17)19/h7-9,11-13,16H,4-6H2,1-3H3,(H,21,22)/t11-,12+,13+,16-/m0/s1. The van der Waals surface area contributed by atoms with Crippen molar-refractivity contribution < 1.29 is 9.53 Å². The van der Waals surface area contributed by atoms with Gasteiger partial charge in [0.2, 0.25) is 0 Å². The molecule has 23 heavy (non-hydrogen) atoms. The predicted molar refractivity (Wildman–Crippen MR) is 90.4 cm³/mol. The van der Waals surface area contributed by atoms with Crippen molar-refractivity contribution in [1.29, 1.82) is 5.26 Å². The van der Waals surface area contributed by atoms with Crippen molar-refractivity contribution >= 4 is 17.5 Å². The van der Waals surface area contributed by atoms with Crippen LogP contribution in [0, 0.1) is 23.2 Å². The maximum Gasteiger partial charge on any atom is 0.261 e. The summed E-state index contributed by atoms with van der Waals surface area (Å²) in [6.07, 6.45) is 2.75. The van der Waals surface area contributed by atoms with Gasteiger partial charge < -0.3 is 10.1 Å². The highest BCUT2D eigenvalue weighted by Crippen LogP contribution is 2.30. The molecule has 1 aliphatic rings. The lowest BCUT2D eigenvalue weighted by Crippen LogP contribution is -2.48. The molecule has 0 radical (unpaired) electrons. The Bertz CT molecular complexity index is 612. The van der Waals surface area contributed by atoms with Gasteiger partial charge in [0, 0.05) is 6.04 Å². The van der Waals surface area contributed by atoms with Crippen molar-refractivity contribution in [3.05, 3.63) is 28.8 Å². The van der Waals surface area contributed by atoms with Gasteiger partial charge >= 0.3 is 0 Å². The third kappa shape index (κ3) is 4.39. The van der Waals surface area contributed by atoms with Crippen LogP contribution in [0.4, 0.5) is 0 Å². The molecule has 4 nitrogen and oxygen atoms in total. The van der Waals surface area contributed by atoms with E-state index in [1.807, 2.05) is 6.07 Å². The molecular weight excluding hydrogens is 312 g/mol. The van der Waals surface area contributed by atoms with Gasteiger partial charge in [0.1, 0.15) is 5.75 Å². The van der Waals surface area contributed by atoms with Crippen LogP contribution in [0.3, 0.4) is 0 Å². The highest BCUT2D eigenvalue weighted by molar-refractivity contribution is 6.32. The van der Waals surface area contributed by atoms with E-state index in [1.165, 1.54) is 12.5 Å². The number of ether oxygens (including phenoxy) is 1. The summed E-state index contributed by atoms with van der Waals surface area (Å²) in [5.41, 5.74) is 0.462. The zero-order valence-electron chi connectivity index (χ0n) is 13.8. The van der Waals surface area contributed by atoms with Crippen molar-refractivity contribution in [1.82, 2.24) is 5.32 Å². The second kappa shape index (κ2) is 7.70. The molecule has 2 rings (SSSR count). The van der Waals surface area contributed by atoms with Gasteiger partial charge in [-0.2, -0.15) is 5.26 Å². The molecule has 124 valence electrons. The molecule has 1 aromatic carbocycles. The van der Waals surface area contributed by atoms with E-state index in [1.54, 1.807) is 19.1 Å². The Morgan fingerprint density at radius 3 is 2.83 bits per heavy atom. The summed E-state index contributed by atoms with van der Waals surface area (Å²) in [6, 6.07) is 6.99. The lowest BCUT2D eigenvalue weighted by Gasteiger charge is -2.35. The molecule has 1 aliphatic carbocycles. The van der Waals surface area contributed by atoms with E-state index in [0.29, 0.717) is 28.2 Å². The van der Waals surface area contributed by atoms with Gasteiger partial charge in [0.05, 0.1) is 16.7 Å². The molecule has 0 unspecified atom stereocenters. The molecule has 0 spiro atoms. The van der Waals surface area contributed by atoms with Crippen molar-refractivity contribution in [3.8, 4) is 11.8 Å². The van der Waals surface area contributed by atoms with Crippen LogP contribution in [0.1, 0.15) is 45.6 Å². The lowest BCUT2D eigenvalue weighted by molar-refractivity contribution is -0.128. The molecule has 5 heteroatoms. The van der Waals surface area contributed by atoms with Crippen LogP contribution in [0.5, 0.6) is 5.75 Å². The smallest absolute Gasteiger partial charge is 0.261 e. The zero-order chi connectivity index (χ0) is 17.0. The summed E-state index contributed by atoms with van der Waals surface area (Å²) < 4.78 is 5.66. The van der Waals surface area contributed by atoms with Crippen LogP contribution in [0.25, 0.3) is 0 Å². The van der Waals surface area contributed by atoms with Crippen LogP contribution in [0.2, 0.25) is 5.02 Å². The minimum atomic E-state index is -0.634. The SMILES string of the molecule is C[C@H]1[C@@H](NC(=O)[C@@H](C)Oc2ccc(C#N)cc2Cl)CCC[C@@H]1C. The number of rotatable bonds is 4. The van der Waals surface area contributed by atoms with Gasteiger partial charge in [-0.05, 0) is 43.4 Å². The van der Waals surface area contributed by atoms with Gasteiger partial charge in [0.25, 0.3) is 5.91 Å². The number of carbonyl (C=O) groups is 1. The molecule has 0 heterocycles. The molecule has 4 atom stereocenters. The van der Waals surface area contributed by atoms with E-state index in [4.69, 9.17) is 21.6 Å². The predicted octanol–water partition coefficient (Wildman–Crippen LogP) is 3.92. The van der Waals surface area contributed by atoms with Crippen LogP contribution in [-0.2, 0) is 4.79 Å². The van der Waals surface area contributed by atoms with Gasteiger partial charge in [-0.25, -0.2) is 0 Å². The number of benzene rings is 1. The van der Waals surface area contributed by atoms with Crippen LogP contribution >= 0.6 is 11.6 Å². The van der Waals surface area contributed by atoms with Crippen molar-refractivity contribution in [2.24, 2.45) is 11.8 Å². The quantitative estimate of drug-likeness (QED) is 0.907. The number of halogens is 1. The minimum Gasteiger partial charge on any atom is -0.479 e. The lowest BCUT2D eigenvalue weighted by atomic mass is 9.78. The Morgan fingerprint density at radius 2 is 2.17 bits per heavy atom.